The number of alkyl carbamates (subject to hydrolysis) is 2. The molecule has 14 N–H and O–H groups in total. The molecule has 0 aliphatic carbocycles. The quantitative estimate of drug-likeness (QED) is 0.0160. The van der Waals surface area contributed by atoms with E-state index in [1.807, 2.05) is 88.4 Å². The number of nitrogens with zero attached hydrogens (tertiary/aromatic N) is 5. The van der Waals surface area contributed by atoms with Gasteiger partial charge in [-0.05, 0) is 193 Å². The predicted octanol–water partition coefficient (Wildman–Crippen LogP) is 6.86. The summed E-state index contributed by atoms with van der Waals surface area (Å²) in [6, 6.07) is 24.6. The van der Waals surface area contributed by atoms with E-state index in [2.05, 4.69) is 42.5 Å². The van der Waals surface area contributed by atoms with Crippen LogP contribution in [0.2, 0.25) is 0 Å². The van der Waals surface area contributed by atoms with Crippen LogP contribution < -0.4 is 59.7 Å². The molecule has 0 unspecified atom stereocenters. The van der Waals surface area contributed by atoms with Gasteiger partial charge in [-0.2, -0.15) is 0 Å². The van der Waals surface area contributed by atoms with E-state index in [9.17, 15) is 47.9 Å². The molecule has 0 bridgehead atoms. The third-order valence-electron chi connectivity index (χ3n) is 23.3. The normalized spacial score (nSPS) is 17.3. The highest BCUT2D eigenvalue weighted by molar-refractivity contribution is 5.97. The van der Waals surface area contributed by atoms with Crippen LogP contribution in [-0.2, 0) is 87.8 Å². The average molecular weight is 1760 g/mol. The van der Waals surface area contributed by atoms with E-state index >= 15 is 14.4 Å². The summed E-state index contributed by atoms with van der Waals surface area (Å²) in [5.41, 5.74) is 18.9. The summed E-state index contributed by atoms with van der Waals surface area (Å²) in [5.74, 6) is -5.64. The lowest BCUT2D eigenvalue weighted by Gasteiger charge is -2.54. The number of unbranched alkanes of at least 4 members (excludes halogenated alkanes) is 2. The molecule has 698 valence electrons. The molecule has 127 heavy (non-hydrogen) atoms. The topological polar surface area (TPSA) is 440 Å². The fraction of sp³-hybridized carbons (Fsp3) is 0.611. The average Bonchev–Trinajstić information content (AvgIpc) is 0.761. The summed E-state index contributed by atoms with van der Waals surface area (Å²) < 4.78 is 16.8. The first-order chi connectivity index (χ1) is 59.9. The first kappa shape index (κ1) is 102. The molecule has 4 aliphatic rings. The van der Waals surface area contributed by atoms with Gasteiger partial charge >= 0.3 is 18.3 Å². The van der Waals surface area contributed by atoms with Crippen molar-refractivity contribution < 1.29 is 76.5 Å². The molecule has 4 aliphatic heterocycles. The summed E-state index contributed by atoms with van der Waals surface area (Å²) >= 11 is 0. The number of piperidine rings is 2. The molecular formula is C95H142N16O16. The van der Waals surface area contributed by atoms with Gasteiger partial charge in [0.1, 0.15) is 71.2 Å². The van der Waals surface area contributed by atoms with Gasteiger partial charge in [0.25, 0.3) is 0 Å². The number of nitrogens with one attached hydrogen (secondary N) is 8. The second-order valence-electron chi connectivity index (χ2n) is 38.9. The van der Waals surface area contributed by atoms with Gasteiger partial charge in [0.15, 0.2) is 0 Å². The van der Waals surface area contributed by atoms with Gasteiger partial charge in [-0.1, -0.05) is 149 Å². The van der Waals surface area contributed by atoms with Crippen molar-refractivity contribution in [2.75, 3.05) is 72.0 Å². The highest BCUT2D eigenvalue weighted by atomic mass is 16.6. The lowest BCUT2D eigenvalue weighted by atomic mass is 9.71. The van der Waals surface area contributed by atoms with Gasteiger partial charge in [0.05, 0.1) is 6.04 Å². The number of benzene rings is 4. The van der Waals surface area contributed by atoms with Gasteiger partial charge < -0.3 is 93.5 Å². The second kappa shape index (κ2) is 46.8. The van der Waals surface area contributed by atoms with E-state index < -0.39 is 149 Å². The number of ether oxygens (including phenoxy) is 3. The molecule has 4 saturated heterocycles. The number of hydrogen-bond donors (Lipinski definition) is 11. The standard InChI is InChI=1S/C95H142N16O16/c1-62(2)51-73(104-81(115)75(54-66-33-21-16-22-34-66)103-78(112)69(97)53-65-31-19-15-20-32-65)79(113)101-71(39-27-29-45-96)86(120)107-49-43-95(44-50-107)60-110(61-95)85(119)70(98)57-111(90(124)127-93(12,13)14)77(56-68-37-25-18-26-38-68)83(117)106-76(55-67-35-23-17-24-36-67)82(116)105-74(52-63(3)4)80(114)102-72(40-28-30-46-99-88(122)125-91(6,7)8)87(121)108-47-41-94(42-48-108)58-109(59-94)84(118)64(5)100-89(123)126-92(9,10)11/h15-26,31-38,62-64,69-77H,27-30,39-61,96-98H2,1-14H3,(H,99,122)(H,100,123)(H,101,113)(H,102,114)(H,103,112)(H,104,115)(H,105,116)(H,106,117)/t64-,69+,70+,71+,72-,73+,74-,75+,76-,77-/m1/s1. The van der Waals surface area contributed by atoms with Crippen LogP contribution in [0.4, 0.5) is 14.4 Å². The Morgan fingerprint density at radius 2 is 0.740 bits per heavy atom. The number of amides is 13. The molecule has 8 rings (SSSR count). The molecule has 13 amide bonds. The maximum absolute atomic E-state index is 15.7. The number of carbonyl (C=O) groups is 13. The third-order valence-corrected chi connectivity index (χ3v) is 23.3. The van der Waals surface area contributed by atoms with E-state index in [1.165, 1.54) is 0 Å². The van der Waals surface area contributed by atoms with Crippen LogP contribution in [0.25, 0.3) is 0 Å². The van der Waals surface area contributed by atoms with Crippen LogP contribution in [0.15, 0.2) is 121 Å². The molecule has 2 spiro atoms. The number of hydrogen-bond acceptors (Lipinski definition) is 19. The van der Waals surface area contributed by atoms with E-state index in [0.29, 0.717) is 108 Å². The van der Waals surface area contributed by atoms with Crippen molar-refractivity contribution >= 4 is 77.4 Å². The molecule has 0 radical (unpaired) electrons. The van der Waals surface area contributed by atoms with E-state index in [-0.39, 0.29) is 106 Å². The van der Waals surface area contributed by atoms with Crippen LogP contribution in [0.1, 0.15) is 196 Å². The Labute approximate surface area is 749 Å². The summed E-state index contributed by atoms with van der Waals surface area (Å²) in [7, 11) is 0. The maximum atomic E-state index is 15.7. The molecule has 4 fully saturated rings. The van der Waals surface area contributed by atoms with Crippen LogP contribution >= 0.6 is 0 Å². The van der Waals surface area contributed by atoms with Crippen molar-refractivity contribution in [1.82, 2.24) is 67.0 Å². The van der Waals surface area contributed by atoms with Crippen LogP contribution in [0.3, 0.4) is 0 Å². The van der Waals surface area contributed by atoms with Crippen molar-refractivity contribution in [3.05, 3.63) is 144 Å². The lowest BCUT2D eigenvalue weighted by molar-refractivity contribution is -0.152. The van der Waals surface area contributed by atoms with E-state index in [1.54, 1.807) is 150 Å². The minimum atomic E-state index is -1.48. The largest absolute Gasteiger partial charge is 0.444 e. The third kappa shape index (κ3) is 32.5. The summed E-state index contributed by atoms with van der Waals surface area (Å²) in [4.78, 5) is 195. The van der Waals surface area contributed by atoms with Crippen LogP contribution in [0.5, 0.6) is 0 Å². The molecule has 4 aromatic carbocycles. The van der Waals surface area contributed by atoms with Gasteiger partial charge in [-0.25, -0.2) is 14.4 Å². The molecule has 32 heteroatoms. The number of carbonyl (C=O) groups excluding carboxylic acids is 13. The molecule has 4 aromatic rings. The SMILES string of the molecule is CC(C)C[C@H](NC(=O)[C@H](Cc1ccccc1)NC(=O)[C@@H](N)Cc1ccccc1)C(=O)N[C@@H](CCCCN)C(=O)N1CCC2(CC1)CN(C(=O)[C@@H](N)CN(C(=O)OC(C)(C)C)[C@H](Cc1ccccc1)C(=O)N[C@H](Cc1ccccc1)C(=O)N[C@H](CC(C)C)C(=O)N[C@H](CCCCNC(=O)OC(C)(C)C)C(=O)N1CCC3(CC1)CN(C(=O)[C@@H](C)NC(=O)OC(C)(C)C)C3)C2. The number of likely N-dealkylation sites (tertiary alicyclic amines) is 4. The monoisotopic (exact) mass is 1760 g/mol. The van der Waals surface area contributed by atoms with Crippen molar-refractivity contribution in [2.45, 2.75) is 277 Å². The number of nitrogens with two attached hydrogens (primary N) is 3. The molecule has 0 aromatic heterocycles. The Kier molecular flexibility index (Phi) is 37.5. The summed E-state index contributed by atoms with van der Waals surface area (Å²) in [6.07, 6.45) is 2.56. The zero-order chi connectivity index (χ0) is 93.1. The highest BCUT2D eigenvalue weighted by Gasteiger charge is 2.51. The van der Waals surface area contributed by atoms with Gasteiger partial charge in [-0.15, -0.1) is 0 Å². The molecule has 4 heterocycles. The second-order valence-corrected chi connectivity index (χ2v) is 38.9. The summed E-state index contributed by atoms with van der Waals surface area (Å²) in [6.45, 7) is 27.3. The fourth-order valence-corrected chi connectivity index (χ4v) is 16.6. The van der Waals surface area contributed by atoms with E-state index in [4.69, 9.17) is 31.4 Å². The smallest absolute Gasteiger partial charge is 0.411 e. The molecule has 32 nitrogen and oxygen atoms in total. The van der Waals surface area contributed by atoms with Crippen molar-refractivity contribution in [3.63, 3.8) is 0 Å². The van der Waals surface area contributed by atoms with Gasteiger partial charge in [-0.3, -0.25) is 52.8 Å². The Hall–Kier alpha value is -10.7. The van der Waals surface area contributed by atoms with Gasteiger partial charge in [0.2, 0.25) is 59.1 Å². The Morgan fingerprint density at radius 3 is 1.14 bits per heavy atom. The Bertz CT molecular complexity index is 4300. The van der Waals surface area contributed by atoms with E-state index in [0.717, 1.165) is 16.0 Å². The molecule has 10 atom stereocenters. The van der Waals surface area contributed by atoms with Crippen LogP contribution in [-0.4, -0.2) is 251 Å². The first-order valence-corrected chi connectivity index (χ1v) is 45.2. The highest BCUT2D eigenvalue weighted by Crippen LogP contribution is 2.43. The zero-order valence-electron chi connectivity index (χ0n) is 77.1. The minimum Gasteiger partial charge on any atom is -0.444 e. The zero-order valence-corrected chi connectivity index (χ0v) is 77.1. The van der Waals surface area contributed by atoms with Crippen molar-refractivity contribution in [3.8, 4) is 0 Å². The first-order valence-electron chi connectivity index (χ1n) is 45.2. The van der Waals surface area contributed by atoms with Gasteiger partial charge in [0, 0.05) is 95.5 Å². The fourth-order valence-electron chi connectivity index (χ4n) is 16.6. The molecule has 0 saturated carbocycles. The van der Waals surface area contributed by atoms with Crippen LogP contribution in [0, 0.1) is 22.7 Å². The minimum absolute atomic E-state index is 0.0834. The van der Waals surface area contributed by atoms with Crippen molar-refractivity contribution in [1.29, 1.82) is 0 Å². The Balaban J connectivity index is 0.952. The van der Waals surface area contributed by atoms with Crippen molar-refractivity contribution in [2.24, 2.45) is 39.9 Å². The predicted molar refractivity (Wildman–Crippen MR) is 483 cm³/mol. The number of rotatable bonds is 41. The maximum Gasteiger partial charge on any atom is 0.411 e. The summed E-state index contributed by atoms with van der Waals surface area (Å²) in [5, 5.41) is 23.1. The lowest BCUT2D eigenvalue weighted by Crippen LogP contribution is -2.66. The molecular weight excluding hydrogens is 1620 g/mol. The Morgan fingerprint density at radius 1 is 0.386 bits per heavy atom.